The zero-order chi connectivity index (χ0) is 20.7. The molecule has 29 heavy (non-hydrogen) atoms. The molecule has 3 aliphatic heterocycles. The van der Waals surface area contributed by atoms with Crippen LogP contribution in [0.1, 0.15) is 44.7 Å². The maximum atomic E-state index is 13.6. The number of nitriles is 1. The van der Waals surface area contributed by atoms with Crippen molar-refractivity contribution in [2.75, 3.05) is 19.6 Å². The van der Waals surface area contributed by atoms with Crippen LogP contribution in [0, 0.1) is 23.1 Å². The van der Waals surface area contributed by atoms with Gasteiger partial charge >= 0.3 is 0 Å². The number of carbonyl (C=O) groups is 2. The second kappa shape index (κ2) is 7.75. The highest BCUT2D eigenvalue weighted by molar-refractivity contribution is 5.86. The molecule has 3 saturated heterocycles. The van der Waals surface area contributed by atoms with Gasteiger partial charge in [-0.1, -0.05) is 19.1 Å². The van der Waals surface area contributed by atoms with Crippen LogP contribution in [-0.4, -0.2) is 64.3 Å². The molecular weight excluding hydrogens is 371 g/mol. The molecule has 2 bridgehead atoms. The first kappa shape index (κ1) is 19.8. The minimum atomic E-state index is -0.316. The van der Waals surface area contributed by atoms with E-state index in [1.807, 2.05) is 24.8 Å². The van der Waals surface area contributed by atoms with Crippen molar-refractivity contribution in [1.82, 2.24) is 14.7 Å². The van der Waals surface area contributed by atoms with Gasteiger partial charge in [-0.15, -0.1) is 0 Å². The van der Waals surface area contributed by atoms with Crippen molar-refractivity contribution < 1.29 is 14.0 Å². The molecule has 1 unspecified atom stereocenters. The molecule has 1 aromatic carbocycles. The van der Waals surface area contributed by atoms with Crippen molar-refractivity contribution in [3.8, 4) is 6.07 Å². The van der Waals surface area contributed by atoms with Crippen LogP contribution >= 0.6 is 0 Å². The van der Waals surface area contributed by atoms with Crippen LogP contribution < -0.4 is 0 Å². The molecule has 4 rings (SSSR count). The third kappa shape index (κ3) is 3.51. The summed E-state index contributed by atoms with van der Waals surface area (Å²) in [5.74, 6) is -0.467. The number of nitrogens with zero attached hydrogens (tertiary/aromatic N) is 4. The van der Waals surface area contributed by atoms with Crippen molar-refractivity contribution in [2.24, 2.45) is 5.92 Å². The molecule has 2 amide bonds. The summed E-state index contributed by atoms with van der Waals surface area (Å²) in [6.45, 7) is 5.74. The molecule has 3 fully saturated rings. The SMILES string of the molecule is C[C@H](c1cccc(F)c1)N1C(=O)[C@@H]2CC1CN2C[C@H](C)C(=O)N1CCC[C@H]1C#N. The van der Waals surface area contributed by atoms with Gasteiger partial charge in [0, 0.05) is 31.6 Å². The lowest BCUT2D eigenvalue weighted by atomic mass is 10.0. The van der Waals surface area contributed by atoms with Crippen LogP contribution in [0.5, 0.6) is 0 Å². The van der Waals surface area contributed by atoms with E-state index in [0.717, 1.165) is 31.4 Å². The van der Waals surface area contributed by atoms with Gasteiger partial charge in [0.05, 0.1) is 18.2 Å². The molecule has 154 valence electrons. The molecule has 0 aromatic heterocycles. The smallest absolute Gasteiger partial charge is 0.240 e. The Labute approximate surface area is 170 Å². The van der Waals surface area contributed by atoms with E-state index in [2.05, 4.69) is 11.0 Å². The Kier molecular flexibility index (Phi) is 5.30. The first-order valence-electron chi connectivity index (χ1n) is 10.4. The molecule has 3 heterocycles. The highest BCUT2D eigenvalue weighted by atomic mass is 19.1. The van der Waals surface area contributed by atoms with Crippen molar-refractivity contribution in [2.45, 2.75) is 57.3 Å². The molecule has 0 saturated carbocycles. The topological polar surface area (TPSA) is 67.7 Å². The summed E-state index contributed by atoms with van der Waals surface area (Å²) >= 11 is 0. The third-order valence-electron chi connectivity index (χ3n) is 6.68. The second-order valence-electron chi connectivity index (χ2n) is 8.56. The van der Waals surface area contributed by atoms with E-state index in [1.165, 1.54) is 12.1 Å². The number of amides is 2. The summed E-state index contributed by atoms with van der Waals surface area (Å²) in [5, 5.41) is 9.24. The molecular formula is C22H27FN4O2. The Hall–Kier alpha value is -2.46. The average Bonchev–Trinajstić information content (AvgIpc) is 3.41. The third-order valence-corrected chi connectivity index (χ3v) is 6.68. The number of hydrogen-bond acceptors (Lipinski definition) is 4. The molecule has 5 atom stereocenters. The Morgan fingerprint density at radius 3 is 2.86 bits per heavy atom. The van der Waals surface area contributed by atoms with E-state index in [-0.39, 0.29) is 47.7 Å². The summed E-state index contributed by atoms with van der Waals surface area (Å²) in [5.41, 5.74) is 0.803. The number of rotatable bonds is 5. The second-order valence-corrected chi connectivity index (χ2v) is 8.56. The Balaban J connectivity index is 1.40. The van der Waals surface area contributed by atoms with Gasteiger partial charge in [0.2, 0.25) is 11.8 Å². The van der Waals surface area contributed by atoms with Crippen LogP contribution in [0.25, 0.3) is 0 Å². The van der Waals surface area contributed by atoms with Crippen LogP contribution in [0.15, 0.2) is 24.3 Å². The van der Waals surface area contributed by atoms with Crippen molar-refractivity contribution >= 4 is 11.8 Å². The molecule has 0 N–H and O–H groups in total. The van der Waals surface area contributed by atoms with E-state index < -0.39 is 0 Å². The molecule has 0 spiro atoms. The lowest BCUT2D eigenvalue weighted by molar-refractivity contribution is -0.142. The first-order valence-corrected chi connectivity index (χ1v) is 10.4. The van der Waals surface area contributed by atoms with Crippen LogP contribution in [0.3, 0.4) is 0 Å². The molecule has 0 aliphatic carbocycles. The van der Waals surface area contributed by atoms with Gasteiger partial charge in [0.15, 0.2) is 0 Å². The van der Waals surface area contributed by atoms with Gasteiger partial charge in [-0.2, -0.15) is 5.26 Å². The highest BCUT2D eigenvalue weighted by Gasteiger charge is 2.51. The number of piperazine rings is 1. The summed E-state index contributed by atoms with van der Waals surface area (Å²) < 4.78 is 13.6. The quantitative estimate of drug-likeness (QED) is 0.763. The number of halogens is 1. The lowest BCUT2D eigenvalue weighted by Crippen LogP contribution is -2.53. The Morgan fingerprint density at radius 1 is 1.38 bits per heavy atom. The molecule has 6 nitrogen and oxygen atoms in total. The van der Waals surface area contributed by atoms with Crippen LogP contribution in [-0.2, 0) is 9.59 Å². The van der Waals surface area contributed by atoms with E-state index in [4.69, 9.17) is 0 Å². The number of hydrogen-bond donors (Lipinski definition) is 0. The van der Waals surface area contributed by atoms with Crippen molar-refractivity contribution in [3.63, 3.8) is 0 Å². The molecule has 3 aliphatic rings. The standard InChI is InChI=1S/C22H27FN4O2/c1-14(21(28)26-8-4-7-18(26)11-24)12-25-13-19-10-20(25)22(29)27(19)15(2)16-5-3-6-17(23)9-16/h3,5-6,9,14-15,18-20H,4,7-8,10,12-13H2,1-2H3/t14-,15+,18-,19?,20-/m0/s1. The predicted molar refractivity (Wildman–Crippen MR) is 105 cm³/mol. The number of fused-ring (bicyclic) bond motifs is 2. The van der Waals surface area contributed by atoms with Gasteiger partial charge in [-0.05, 0) is 43.9 Å². The summed E-state index contributed by atoms with van der Waals surface area (Å²) in [4.78, 5) is 31.5. The van der Waals surface area contributed by atoms with Gasteiger partial charge in [-0.25, -0.2) is 4.39 Å². The minimum Gasteiger partial charge on any atom is -0.330 e. The van der Waals surface area contributed by atoms with Crippen molar-refractivity contribution in [3.05, 3.63) is 35.6 Å². The molecule has 7 heteroatoms. The summed E-state index contributed by atoms with van der Waals surface area (Å²) in [7, 11) is 0. The number of carbonyl (C=O) groups excluding carboxylic acids is 2. The van der Waals surface area contributed by atoms with E-state index >= 15 is 0 Å². The van der Waals surface area contributed by atoms with E-state index in [9.17, 15) is 19.2 Å². The first-order chi connectivity index (χ1) is 13.9. The fourth-order valence-corrected chi connectivity index (χ4v) is 5.20. The fraction of sp³-hybridized carbons (Fsp3) is 0.591. The van der Waals surface area contributed by atoms with Gasteiger partial charge in [0.1, 0.15) is 11.9 Å². The van der Waals surface area contributed by atoms with E-state index in [1.54, 1.807) is 11.0 Å². The molecule has 0 radical (unpaired) electrons. The van der Waals surface area contributed by atoms with Gasteiger partial charge in [0.25, 0.3) is 0 Å². The lowest BCUT2D eigenvalue weighted by Gasteiger charge is -2.38. The normalized spacial score (nSPS) is 28.6. The largest absolute Gasteiger partial charge is 0.330 e. The minimum absolute atomic E-state index is 0.00857. The van der Waals surface area contributed by atoms with Crippen molar-refractivity contribution in [1.29, 1.82) is 5.26 Å². The zero-order valence-electron chi connectivity index (χ0n) is 16.9. The number of likely N-dealkylation sites (tertiary alicyclic amines) is 3. The van der Waals surface area contributed by atoms with Crippen LogP contribution in [0.2, 0.25) is 0 Å². The van der Waals surface area contributed by atoms with Gasteiger partial charge < -0.3 is 9.80 Å². The Bertz CT molecular complexity index is 853. The fourth-order valence-electron chi connectivity index (χ4n) is 5.20. The summed E-state index contributed by atoms with van der Waals surface area (Å²) in [6, 6.07) is 8.04. The predicted octanol–water partition coefficient (Wildman–Crippen LogP) is 2.32. The molecule has 1 aromatic rings. The summed E-state index contributed by atoms with van der Waals surface area (Å²) in [6.07, 6.45) is 2.37. The monoisotopic (exact) mass is 398 g/mol. The van der Waals surface area contributed by atoms with E-state index in [0.29, 0.717) is 13.1 Å². The maximum absolute atomic E-state index is 13.6. The number of benzene rings is 1. The average molecular weight is 398 g/mol. The highest BCUT2D eigenvalue weighted by Crippen LogP contribution is 2.38. The zero-order valence-corrected chi connectivity index (χ0v) is 16.9. The van der Waals surface area contributed by atoms with Gasteiger partial charge in [-0.3, -0.25) is 14.5 Å². The maximum Gasteiger partial charge on any atom is 0.240 e. The Morgan fingerprint density at radius 2 is 2.17 bits per heavy atom. The van der Waals surface area contributed by atoms with Crippen LogP contribution in [0.4, 0.5) is 4.39 Å².